The fraction of sp³-hybridized carbons (Fsp3) is 0.120. The van der Waals surface area contributed by atoms with E-state index in [-0.39, 0.29) is 18.2 Å². The molecule has 0 aromatic heterocycles. The van der Waals surface area contributed by atoms with Crippen LogP contribution in [0.15, 0.2) is 65.6 Å². The molecule has 1 aliphatic heterocycles. The van der Waals surface area contributed by atoms with Gasteiger partial charge in [0.1, 0.15) is 6.61 Å². The maximum Gasteiger partial charge on any atom is 0.270 e. The highest BCUT2D eigenvalue weighted by molar-refractivity contribution is 8.27. The van der Waals surface area contributed by atoms with Gasteiger partial charge in [0.2, 0.25) is 0 Å². The van der Waals surface area contributed by atoms with Crippen LogP contribution in [0.3, 0.4) is 0 Å². The van der Waals surface area contributed by atoms with Crippen LogP contribution in [0.4, 0.5) is 11.4 Å². The molecule has 0 atom stereocenters. The number of nitro groups is 1. The monoisotopic (exact) mass is 560 g/mol. The fourth-order valence-corrected chi connectivity index (χ4v) is 5.12. The molecular formula is C25H18Cl2N2O5S2. The zero-order chi connectivity index (χ0) is 25.8. The Morgan fingerprint density at radius 3 is 2.47 bits per heavy atom. The van der Waals surface area contributed by atoms with Gasteiger partial charge in [-0.15, -0.1) is 0 Å². The number of hydrogen-bond donors (Lipinski definition) is 0. The van der Waals surface area contributed by atoms with Gasteiger partial charge in [0.25, 0.3) is 11.6 Å². The van der Waals surface area contributed by atoms with E-state index >= 15 is 0 Å². The average Bonchev–Trinajstić information content (AvgIpc) is 3.12. The highest BCUT2D eigenvalue weighted by Gasteiger charge is 2.33. The van der Waals surface area contributed by atoms with Crippen molar-refractivity contribution in [2.45, 2.75) is 13.5 Å². The zero-order valence-electron chi connectivity index (χ0n) is 18.8. The van der Waals surface area contributed by atoms with Gasteiger partial charge < -0.3 is 9.47 Å². The average molecular weight is 561 g/mol. The molecule has 1 fully saturated rings. The minimum Gasteiger partial charge on any atom is -0.490 e. The summed E-state index contributed by atoms with van der Waals surface area (Å²) in [5.74, 6) is 0.732. The summed E-state index contributed by atoms with van der Waals surface area (Å²) in [4.78, 5) is 25.3. The molecule has 3 aromatic rings. The van der Waals surface area contributed by atoms with Gasteiger partial charge in [-0.25, -0.2) is 0 Å². The van der Waals surface area contributed by atoms with Crippen molar-refractivity contribution in [1.82, 2.24) is 0 Å². The van der Waals surface area contributed by atoms with E-state index in [9.17, 15) is 14.9 Å². The van der Waals surface area contributed by atoms with Gasteiger partial charge in [0.15, 0.2) is 15.8 Å². The number of anilines is 1. The Kier molecular flexibility index (Phi) is 8.15. The lowest BCUT2D eigenvalue weighted by atomic mass is 10.1. The highest BCUT2D eigenvalue weighted by atomic mass is 35.5. The van der Waals surface area contributed by atoms with Gasteiger partial charge >= 0.3 is 0 Å². The van der Waals surface area contributed by atoms with Gasteiger partial charge in [-0.2, -0.15) is 0 Å². The van der Waals surface area contributed by atoms with E-state index in [4.69, 9.17) is 44.9 Å². The number of halogens is 2. The number of rotatable bonds is 8. The molecule has 1 saturated heterocycles. The van der Waals surface area contributed by atoms with Crippen LogP contribution >= 0.6 is 47.2 Å². The number of ether oxygens (including phenoxy) is 2. The fourth-order valence-electron chi connectivity index (χ4n) is 3.36. The van der Waals surface area contributed by atoms with E-state index in [1.165, 1.54) is 29.2 Å². The topological polar surface area (TPSA) is 81.9 Å². The molecule has 0 bridgehead atoms. The Hall–Kier alpha value is -3.11. The van der Waals surface area contributed by atoms with Gasteiger partial charge in [-0.1, -0.05) is 59.3 Å². The van der Waals surface area contributed by atoms with Gasteiger partial charge in [-0.05, 0) is 55.0 Å². The lowest BCUT2D eigenvalue weighted by Crippen LogP contribution is -2.27. The Balaban J connectivity index is 1.54. The first-order chi connectivity index (χ1) is 17.3. The maximum atomic E-state index is 13.1. The number of carbonyl (C=O) groups excluding carboxylic acids is 1. The minimum absolute atomic E-state index is 0.0659. The third-order valence-electron chi connectivity index (χ3n) is 5.08. The van der Waals surface area contributed by atoms with E-state index in [0.29, 0.717) is 43.1 Å². The SMILES string of the molecule is CCOc1cc(/C=C2\SC(=S)N(c3ccc([N+](=O)[O-])cc3)C2=O)ccc1OCc1ccc(Cl)cc1Cl. The van der Waals surface area contributed by atoms with Crippen LogP contribution in [0, 0.1) is 10.1 Å². The number of benzene rings is 3. The molecule has 7 nitrogen and oxygen atoms in total. The number of thiocarbonyl (C=S) groups is 1. The van der Waals surface area contributed by atoms with Crippen molar-refractivity contribution in [2.24, 2.45) is 0 Å². The van der Waals surface area contributed by atoms with E-state index < -0.39 is 4.92 Å². The van der Waals surface area contributed by atoms with Crippen LogP contribution in [0.25, 0.3) is 6.08 Å². The predicted molar refractivity (Wildman–Crippen MR) is 147 cm³/mol. The molecule has 1 heterocycles. The maximum absolute atomic E-state index is 13.1. The van der Waals surface area contributed by atoms with Crippen LogP contribution < -0.4 is 14.4 Å². The second-order valence-electron chi connectivity index (χ2n) is 7.45. The van der Waals surface area contributed by atoms with Crippen LogP contribution in [-0.4, -0.2) is 21.8 Å². The summed E-state index contributed by atoms with van der Waals surface area (Å²) < 4.78 is 12.0. The number of nitrogens with zero attached hydrogens (tertiary/aromatic N) is 2. The second kappa shape index (κ2) is 11.3. The molecule has 0 saturated carbocycles. The van der Waals surface area contributed by atoms with Crippen molar-refractivity contribution >= 4 is 74.9 Å². The molecule has 0 radical (unpaired) electrons. The van der Waals surface area contributed by atoms with E-state index in [0.717, 1.165) is 22.9 Å². The second-order valence-corrected chi connectivity index (χ2v) is 9.97. The smallest absolute Gasteiger partial charge is 0.270 e. The highest BCUT2D eigenvalue weighted by Crippen LogP contribution is 2.38. The number of amides is 1. The summed E-state index contributed by atoms with van der Waals surface area (Å²) in [5.41, 5.74) is 1.90. The first-order valence-electron chi connectivity index (χ1n) is 10.6. The summed E-state index contributed by atoms with van der Waals surface area (Å²) in [7, 11) is 0. The summed E-state index contributed by atoms with van der Waals surface area (Å²) in [5, 5.41) is 12.0. The predicted octanol–water partition coefficient (Wildman–Crippen LogP) is 7.29. The number of hydrogen-bond acceptors (Lipinski definition) is 7. The molecule has 0 unspecified atom stereocenters. The van der Waals surface area contributed by atoms with Crippen molar-refractivity contribution < 1.29 is 19.2 Å². The Labute approximate surface area is 226 Å². The van der Waals surface area contributed by atoms with Crippen molar-refractivity contribution in [2.75, 3.05) is 11.5 Å². The lowest BCUT2D eigenvalue weighted by molar-refractivity contribution is -0.384. The van der Waals surface area contributed by atoms with E-state index in [1.54, 1.807) is 42.5 Å². The Morgan fingerprint density at radius 2 is 1.81 bits per heavy atom. The Morgan fingerprint density at radius 1 is 1.06 bits per heavy atom. The first-order valence-corrected chi connectivity index (χ1v) is 12.6. The Bertz CT molecular complexity index is 1380. The molecule has 0 N–H and O–H groups in total. The number of carbonyl (C=O) groups is 1. The standard InChI is InChI=1S/C25H18Cl2N2O5S2/c1-2-33-22-11-15(3-10-21(22)34-14-16-4-5-17(26)13-20(16)27)12-23-24(30)28(25(35)36-23)18-6-8-19(9-7-18)29(31)32/h3-13H,2,14H2,1H3/b23-12-. The summed E-state index contributed by atoms with van der Waals surface area (Å²) in [6.45, 7) is 2.51. The van der Waals surface area contributed by atoms with Crippen LogP contribution in [0.2, 0.25) is 10.0 Å². The molecule has 184 valence electrons. The molecule has 1 amide bonds. The van der Waals surface area contributed by atoms with Gasteiger partial charge in [0.05, 0.1) is 22.1 Å². The quantitative estimate of drug-likeness (QED) is 0.124. The first kappa shape index (κ1) is 26.0. The largest absolute Gasteiger partial charge is 0.490 e. The minimum atomic E-state index is -0.499. The van der Waals surface area contributed by atoms with Crippen molar-refractivity contribution in [3.8, 4) is 11.5 Å². The third kappa shape index (κ3) is 5.82. The molecule has 1 aliphatic rings. The van der Waals surface area contributed by atoms with E-state index in [1.807, 2.05) is 6.92 Å². The number of nitro benzene ring substituents is 1. The van der Waals surface area contributed by atoms with Crippen molar-refractivity contribution in [3.05, 3.63) is 96.9 Å². The summed E-state index contributed by atoms with van der Waals surface area (Å²) >= 11 is 18.7. The van der Waals surface area contributed by atoms with Crippen LogP contribution in [0.5, 0.6) is 11.5 Å². The van der Waals surface area contributed by atoms with E-state index in [2.05, 4.69) is 0 Å². The van der Waals surface area contributed by atoms with Crippen molar-refractivity contribution in [1.29, 1.82) is 0 Å². The lowest BCUT2D eigenvalue weighted by Gasteiger charge is -2.14. The van der Waals surface area contributed by atoms with Crippen molar-refractivity contribution in [3.63, 3.8) is 0 Å². The zero-order valence-corrected chi connectivity index (χ0v) is 21.9. The van der Waals surface area contributed by atoms with Gasteiger partial charge in [0, 0.05) is 27.7 Å². The third-order valence-corrected chi connectivity index (χ3v) is 6.97. The molecular weight excluding hydrogens is 543 g/mol. The van der Waals surface area contributed by atoms with Crippen LogP contribution in [-0.2, 0) is 11.4 Å². The van der Waals surface area contributed by atoms with Crippen LogP contribution in [0.1, 0.15) is 18.1 Å². The number of thioether (sulfide) groups is 1. The van der Waals surface area contributed by atoms with Gasteiger partial charge in [-0.3, -0.25) is 19.8 Å². The summed E-state index contributed by atoms with van der Waals surface area (Å²) in [6.07, 6.45) is 1.72. The molecule has 36 heavy (non-hydrogen) atoms. The number of non-ortho nitro benzene ring substituents is 1. The molecule has 4 rings (SSSR count). The molecule has 0 aliphatic carbocycles. The molecule has 0 spiro atoms. The molecule has 11 heteroatoms. The molecule has 3 aromatic carbocycles. The summed E-state index contributed by atoms with van der Waals surface area (Å²) in [6, 6.07) is 16.2. The normalized spacial score (nSPS) is 14.4.